The van der Waals surface area contributed by atoms with Gasteiger partial charge in [-0.2, -0.15) is 0 Å². The average molecular weight is 1070 g/mol. The zero-order valence-electron chi connectivity index (χ0n) is 45.8. The number of carbonyl (C=O) groups is 10. The van der Waals surface area contributed by atoms with Gasteiger partial charge in [0, 0.05) is 51.3 Å². The molecule has 1 aromatic rings. The van der Waals surface area contributed by atoms with Crippen molar-refractivity contribution < 1.29 is 57.1 Å². The second kappa shape index (κ2) is 29.3. The summed E-state index contributed by atoms with van der Waals surface area (Å²) in [5, 5.41) is 23.8. The van der Waals surface area contributed by atoms with Crippen LogP contribution in [0, 0.1) is 17.7 Å². The smallest absolute Gasteiger partial charge is 0.254 e. The van der Waals surface area contributed by atoms with E-state index in [1.54, 1.807) is 0 Å². The molecule has 9 N–H and O–H groups in total. The lowest BCUT2D eigenvalue weighted by atomic mass is 9.85. The van der Waals surface area contributed by atoms with Gasteiger partial charge in [-0.3, -0.25) is 52.8 Å². The van der Waals surface area contributed by atoms with E-state index >= 15 is 0 Å². The monoisotopic (exact) mass is 1070 g/mol. The van der Waals surface area contributed by atoms with Crippen molar-refractivity contribution in [3.05, 3.63) is 35.6 Å². The van der Waals surface area contributed by atoms with Gasteiger partial charge in [-0.1, -0.05) is 46.0 Å². The van der Waals surface area contributed by atoms with E-state index in [9.17, 15) is 52.3 Å². The molecule has 424 valence electrons. The number of rotatable bonds is 27. The van der Waals surface area contributed by atoms with Crippen molar-refractivity contribution in [2.75, 3.05) is 65.6 Å². The Morgan fingerprint density at radius 3 is 1.91 bits per heavy atom. The molecule has 1 aromatic carbocycles. The Morgan fingerprint density at radius 1 is 0.632 bits per heavy atom. The Labute approximate surface area is 446 Å². The zero-order valence-corrected chi connectivity index (χ0v) is 45.8. The molecule has 2 heterocycles. The summed E-state index contributed by atoms with van der Waals surface area (Å²) < 4.78 is 18.9. The molecule has 23 heteroatoms. The van der Waals surface area contributed by atoms with Crippen LogP contribution in [0.4, 0.5) is 4.39 Å². The highest BCUT2D eigenvalue weighted by molar-refractivity contribution is 6.00. The van der Waals surface area contributed by atoms with E-state index in [0.717, 1.165) is 45.2 Å². The van der Waals surface area contributed by atoms with Crippen LogP contribution in [0.5, 0.6) is 0 Å². The summed E-state index contributed by atoms with van der Waals surface area (Å²) in [7, 11) is 0. The number of nitrogens with zero attached hydrogens (tertiary/aromatic N) is 2. The van der Waals surface area contributed by atoms with Gasteiger partial charge >= 0.3 is 0 Å². The predicted molar refractivity (Wildman–Crippen MR) is 280 cm³/mol. The van der Waals surface area contributed by atoms with Crippen LogP contribution in [0.3, 0.4) is 0 Å². The van der Waals surface area contributed by atoms with Gasteiger partial charge < -0.3 is 57.5 Å². The number of amides is 10. The van der Waals surface area contributed by atoms with Gasteiger partial charge in [-0.15, -0.1) is 0 Å². The summed E-state index contributed by atoms with van der Waals surface area (Å²) in [6.07, 6.45) is 7.38. The number of ether oxygens (including phenoxy) is 1. The second-order valence-corrected chi connectivity index (χ2v) is 22.1. The van der Waals surface area contributed by atoms with Crippen LogP contribution >= 0.6 is 0 Å². The Morgan fingerprint density at radius 2 is 1.25 bits per heavy atom. The Kier molecular flexibility index (Phi) is 24.0. The third-order valence-electron chi connectivity index (χ3n) is 13.8. The molecular weight excluding hydrogens is 986 g/mol. The molecule has 4 rings (SSSR count). The molecule has 0 aromatic heterocycles. The van der Waals surface area contributed by atoms with Gasteiger partial charge in [-0.25, -0.2) is 4.39 Å². The fourth-order valence-corrected chi connectivity index (χ4v) is 9.25. The van der Waals surface area contributed by atoms with Crippen LogP contribution in [-0.4, -0.2) is 169 Å². The first-order valence-corrected chi connectivity index (χ1v) is 26.8. The highest BCUT2D eigenvalue weighted by Gasteiger charge is 2.40. The topological polar surface area (TPSA) is 295 Å². The number of carbonyl (C=O) groups excluding carboxylic acids is 10. The lowest BCUT2D eigenvalue weighted by molar-refractivity contribution is -0.138. The first-order chi connectivity index (χ1) is 35.8. The Balaban J connectivity index is 1.24. The van der Waals surface area contributed by atoms with E-state index < -0.39 is 107 Å². The lowest BCUT2D eigenvalue weighted by Gasteiger charge is -2.33. The highest BCUT2D eigenvalue weighted by Crippen LogP contribution is 2.28. The summed E-state index contributed by atoms with van der Waals surface area (Å²) in [6, 6.07) is 2.05. The van der Waals surface area contributed by atoms with E-state index in [1.165, 1.54) is 70.7 Å². The minimum Gasteiger partial charge on any atom is -0.379 e. The summed E-state index contributed by atoms with van der Waals surface area (Å²) in [6.45, 7) is 15.6. The summed E-state index contributed by atoms with van der Waals surface area (Å²) >= 11 is 0. The molecule has 1 aliphatic carbocycles. The number of hydrogen-bond acceptors (Lipinski definition) is 12. The van der Waals surface area contributed by atoms with Crippen molar-refractivity contribution in [1.29, 1.82) is 0 Å². The maximum Gasteiger partial charge on any atom is 0.254 e. The SMILES string of the molecule is CC(C)CC(NC(=O)CNC(=O)C(C)(C)NC(=O)CNC(=O)C(CCC1CCCCC1)NC(=O)C1CCCN1C(=O)c1ccc(F)cc1)C(=O)NC(C)(C)C(=O)NC(C)(C)C(=O)NCCC(=O)NCCN1CCOCC1. The van der Waals surface area contributed by atoms with Crippen molar-refractivity contribution in [3.8, 4) is 0 Å². The summed E-state index contributed by atoms with van der Waals surface area (Å²) in [5.74, 6) is -6.19. The largest absolute Gasteiger partial charge is 0.379 e. The second-order valence-electron chi connectivity index (χ2n) is 22.1. The van der Waals surface area contributed by atoms with Crippen molar-refractivity contribution in [2.24, 2.45) is 11.8 Å². The summed E-state index contributed by atoms with van der Waals surface area (Å²) in [4.78, 5) is 137. The normalized spacial score (nSPS) is 17.3. The average Bonchev–Trinajstić information content (AvgIpc) is 3.86. The Bertz CT molecular complexity index is 2190. The number of likely N-dealkylation sites (tertiary alicyclic amines) is 1. The van der Waals surface area contributed by atoms with E-state index in [2.05, 4.69) is 52.8 Å². The van der Waals surface area contributed by atoms with Crippen LogP contribution in [0.15, 0.2) is 24.3 Å². The van der Waals surface area contributed by atoms with Crippen molar-refractivity contribution in [3.63, 3.8) is 0 Å². The molecule has 1 saturated carbocycles. The molecule has 3 atom stereocenters. The number of nitrogens with one attached hydrogen (secondary N) is 9. The van der Waals surface area contributed by atoms with Gasteiger partial charge in [0.15, 0.2) is 0 Å². The third kappa shape index (κ3) is 20.4. The number of halogens is 1. The molecule has 3 aliphatic rings. The highest BCUT2D eigenvalue weighted by atomic mass is 19.1. The quantitative estimate of drug-likeness (QED) is 0.0588. The lowest BCUT2D eigenvalue weighted by Crippen LogP contribution is -2.64. The molecule has 2 saturated heterocycles. The molecule has 3 fully saturated rings. The van der Waals surface area contributed by atoms with Crippen LogP contribution in [-0.2, 0) is 47.9 Å². The molecular formula is C53H84FN11O11. The molecule has 2 aliphatic heterocycles. The van der Waals surface area contributed by atoms with Gasteiger partial charge in [0.05, 0.1) is 26.3 Å². The van der Waals surface area contributed by atoms with Gasteiger partial charge in [0.1, 0.15) is 40.6 Å². The summed E-state index contributed by atoms with van der Waals surface area (Å²) in [5.41, 5.74) is -4.36. The van der Waals surface area contributed by atoms with E-state index in [4.69, 9.17) is 4.74 Å². The zero-order chi connectivity index (χ0) is 56.2. The van der Waals surface area contributed by atoms with Crippen LogP contribution in [0.2, 0.25) is 0 Å². The predicted octanol–water partition coefficient (Wildman–Crippen LogP) is 0.678. The third-order valence-corrected chi connectivity index (χ3v) is 13.8. The molecule has 0 radical (unpaired) electrons. The fourth-order valence-electron chi connectivity index (χ4n) is 9.25. The minimum absolute atomic E-state index is 0.0326. The van der Waals surface area contributed by atoms with Crippen LogP contribution in [0.1, 0.15) is 136 Å². The standard InChI is InChI=1S/C53H84FN11O11/c1-34(2)31-39(45(70)62-53(7,8)50(75)63-52(5,6)48(73)56-23-22-41(66)55-24-26-64-27-29-76-30-28-64)59-42(67)32-58-49(74)51(3,4)61-43(68)33-57-44(69)38(21-16-35-13-10-9-11-14-35)60-46(71)40-15-12-25-65(40)47(72)36-17-19-37(54)20-18-36/h17-20,34-35,38-40H,9-16,21-33H2,1-8H3,(H,55,66)(H,56,73)(H,57,69)(H,58,74)(H,59,67)(H,60,71)(H,61,68)(H,62,70)(H,63,75). The van der Waals surface area contributed by atoms with Crippen molar-refractivity contribution in [1.82, 2.24) is 57.7 Å². The van der Waals surface area contributed by atoms with E-state index in [-0.39, 0.29) is 36.8 Å². The molecule has 76 heavy (non-hydrogen) atoms. The van der Waals surface area contributed by atoms with Crippen molar-refractivity contribution in [2.45, 2.75) is 161 Å². The minimum atomic E-state index is -1.59. The van der Waals surface area contributed by atoms with E-state index in [1.807, 2.05) is 13.8 Å². The molecule has 0 spiro atoms. The van der Waals surface area contributed by atoms with Gasteiger partial charge in [0.2, 0.25) is 53.2 Å². The first kappa shape index (κ1) is 62.3. The maximum atomic E-state index is 13.7. The fraction of sp³-hybridized carbons (Fsp3) is 0.698. The molecule has 0 bridgehead atoms. The van der Waals surface area contributed by atoms with Gasteiger partial charge in [-0.05, 0) is 110 Å². The molecule has 3 unspecified atom stereocenters. The molecule has 10 amide bonds. The number of benzene rings is 1. The number of morpholine rings is 1. The molecule has 22 nitrogen and oxygen atoms in total. The van der Waals surface area contributed by atoms with Crippen molar-refractivity contribution >= 4 is 59.1 Å². The van der Waals surface area contributed by atoms with Crippen LogP contribution < -0.4 is 47.9 Å². The number of hydrogen-bond donors (Lipinski definition) is 9. The first-order valence-electron chi connectivity index (χ1n) is 26.8. The Hall–Kier alpha value is -6.23. The van der Waals surface area contributed by atoms with E-state index in [0.29, 0.717) is 64.4 Å². The maximum absolute atomic E-state index is 13.7. The van der Waals surface area contributed by atoms with Crippen LogP contribution in [0.25, 0.3) is 0 Å². The van der Waals surface area contributed by atoms with Gasteiger partial charge in [0.25, 0.3) is 5.91 Å².